The molecule has 1 aromatic heterocycles. The van der Waals surface area contributed by atoms with Gasteiger partial charge in [-0.15, -0.1) is 0 Å². The number of nitrogens with zero attached hydrogens (tertiary/aromatic N) is 2. The molecule has 21 heavy (non-hydrogen) atoms. The van der Waals surface area contributed by atoms with Crippen LogP contribution in [0.1, 0.15) is 42.1 Å². The summed E-state index contributed by atoms with van der Waals surface area (Å²) >= 11 is 0. The van der Waals surface area contributed by atoms with Crippen molar-refractivity contribution in [1.82, 2.24) is 9.29 Å². The molecule has 0 amide bonds. The Morgan fingerprint density at radius 3 is 2.90 bits per heavy atom. The van der Waals surface area contributed by atoms with Crippen molar-refractivity contribution in [2.45, 2.75) is 32.6 Å². The van der Waals surface area contributed by atoms with Gasteiger partial charge >= 0.3 is 0 Å². The first-order valence-corrected chi connectivity index (χ1v) is 9.18. The van der Waals surface area contributed by atoms with E-state index in [0.717, 1.165) is 30.4 Å². The zero-order valence-electron chi connectivity index (χ0n) is 12.6. The van der Waals surface area contributed by atoms with E-state index in [1.54, 1.807) is 18.5 Å². The van der Waals surface area contributed by atoms with Crippen LogP contribution < -0.4 is 0 Å². The summed E-state index contributed by atoms with van der Waals surface area (Å²) in [6.07, 6.45) is 7.51. The molecule has 1 atom stereocenters. The van der Waals surface area contributed by atoms with Crippen LogP contribution in [0.2, 0.25) is 0 Å². The van der Waals surface area contributed by atoms with Crippen LogP contribution in [0.4, 0.5) is 0 Å². The van der Waals surface area contributed by atoms with Crippen molar-refractivity contribution in [3.63, 3.8) is 0 Å². The van der Waals surface area contributed by atoms with Gasteiger partial charge in [0, 0.05) is 37.5 Å². The number of rotatable bonds is 5. The molecule has 2 rings (SSSR count). The Morgan fingerprint density at radius 1 is 1.48 bits per heavy atom. The molecule has 0 saturated carbocycles. The van der Waals surface area contributed by atoms with E-state index in [1.807, 2.05) is 6.92 Å². The molecule has 5 nitrogen and oxygen atoms in total. The van der Waals surface area contributed by atoms with Crippen molar-refractivity contribution in [3.05, 3.63) is 29.6 Å². The Labute approximate surface area is 126 Å². The molecule has 1 aliphatic rings. The minimum atomic E-state index is -3.16. The maximum atomic E-state index is 12.5. The summed E-state index contributed by atoms with van der Waals surface area (Å²) < 4.78 is 24.7. The lowest BCUT2D eigenvalue weighted by atomic mass is 9.90. The molecule has 1 unspecified atom stereocenters. The van der Waals surface area contributed by atoms with E-state index in [4.69, 9.17) is 0 Å². The maximum Gasteiger partial charge on any atom is 0.211 e. The van der Waals surface area contributed by atoms with Gasteiger partial charge < -0.3 is 0 Å². The van der Waals surface area contributed by atoms with Crippen LogP contribution in [0.5, 0.6) is 0 Å². The van der Waals surface area contributed by atoms with Crippen LogP contribution in [-0.4, -0.2) is 42.8 Å². The highest BCUT2D eigenvalue weighted by atomic mass is 32.2. The molecule has 1 saturated heterocycles. The number of pyridine rings is 1. The van der Waals surface area contributed by atoms with Gasteiger partial charge in [-0.25, -0.2) is 12.7 Å². The number of Topliss-reactive ketones (excluding diaryl/α,β-unsaturated/α-hetero) is 1. The molecule has 6 heteroatoms. The van der Waals surface area contributed by atoms with Crippen LogP contribution >= 0.6 is 0 Å². The lowest BCUT2D eigenvalue weighted by molar-refractivity contribution is 0.0941. The first-order valence-electron chi connectivity index (χ1n) is 7.33. The second-order valence-electron chi connectivity index (χ2n) is 5.64. The average molecular weight is 310 g/mol. The van der Waals surface area contributed by atoms with E-state index >= 15 is 0 Å². The van der Waals surface area contributed by atoms with Crippen molar-refractivity contribution in [2.24, 2.45) is 5.92 Å². The second-order valence-corrected chi connectivity index (χ2v) is 7.63. The monoisotopic (exact) mass is 310 g/mol. The van der Waals surface area contributed by atoms with Gasteiger partial charge in [0.25, 0.3) is 0 Å². The quantitative estimate of drug-likeness (QED) is 0.779. The number of carbonyl (C=O) groups is 1. The van der Waals surface area contributed by atoms with Crippen LogP contribution in [0.25, 0.3) is 0 Å². The van der Waals surface area contributed by atoms with Gasteiger partial charge in [0.2, 0.25) is 10.0 Å². The molecule has 2 heterocycles. The molecule has 0 radical (unpaired) electrons. The molecule has 0 spiro atoms. The van der Waals surface area contributed by atoms with Gasteiger partial charge in [-0.05, 0) is 36.8 Å². The fraction of sp³-hybridized carbons (Fsp3) is 0.600. The Kier molecular flexibility index (Phi) is 5.11. The third-order valence-electron chi connectivity index (χ3n) is 4.01. The molecular weight excluding hydrogens is 288 g/mol. The van der Waals surface area contributed by atoms with Crippen molar-refractivity contribution in [1.29, 1.82) is 0 Å². The van der Waals surface area contributed by atoms with Crippen molar-refractivity contribution < 1.29 is 13.2 Å². The summed E-state index contributed by atoms with van der Waals surface area (Å²) in [5, 5.41) is 0. The Hall–Kier alpha value is -1.27. The van der Waals surface area contributed by atoms with Gasteiger partial charge in [0.15, 0.2) is 5.78 Å². The van der Waals surface area contributed by atoms with E-state index in [0.29, 0.717) is 19.5 Å². The summed E-state index contributed by atoms with van der Waals surface area (Å²) in [5.74, 6) is 0.202. The highest BCUT2D eigenvalue weighted by Gasteiger charge is 2.27. The van der Waals surface area contributed by atoms with Crippen LogP contribution in [-0.2, 0) is 16.4 Å². The van der Waals surface area contributed by atoms with Gasteiger partial charge in [-0.2, -0.15) is 0 Å². The highest BCUT2D eigenvalue weighted by Crippen LogP contribution is 2.24. The van der Waals surface area contributed by atoms with E-state index in [1.165, 1.54) is 10.6 Å². The summed E-state index contributed by atoms with van der Waals surface area (Å²) in [6, 6.07) is 1.76. The normalized spacial score (nSPS) is 20.4. The molecule has 1 fully saturated rings. The topological polar surface area (TPSA) is 67.3 Å². The first kappa shape index (κ1) is 16.1. The van der Waals surface area contributed by atoms with Crippen molar-refractivity contribution >= 4 is 15.8 Å². The van der Waals surface area contributed by atoms with E-state index in [-0.39, 0.29) is 11.7 Å². The van der Waals surface area contributed by atoms with E-state index in [2.05, 4.69) is 4.98 Å². The first-order chi connectivity index (χ1) is 9.91. The van der Waals surface area contributed by atoms with E-state index in [9.17, 15) is 13.2 Å². The maximum absolute atomic E-state index is 12.5. The summed E-state index contributed by atoms with van der Waals surface area (Å²) in [7, 11) is -3.16. The van der Waals surface area contributed by atoms with Gasteiger partial charge in [-0.3, -0.25) is 9.78 Å². The zero-order valence-corrected chi connectivity index (χ0v) is 13.4. The summed E-state index contributed by atoms with van der Waals surface area (Å²) in [6.45, 7) is 3.02. The Balaban J connectivity index is 2.06. The minimum Gasteiger partial charge on any atom is -0.294 e. The number of sulfonamides is 1. The van der Waals surface area contributed by atoms with Crippen molar-refractivity contribution in [3.8, 4) is 0 Å². The van der Waals surface area contributed by atoms with Crippen LogP contribution in [0.3, 0.4) is 0 Å². The molecule has 1 aliphatic heterocycles. The lowest BCUT2D eigenvalue weighted by Gasteiger charge is -2.30. The number of hydrogen-bond acceptors (Lipinski definition) is 4. The fourth-order valence-electron chi connectivity index (χ4n) is 2.85. The van der Waals surface area contributed by atoms with Gasteiger partial charge in [0.05, 0.1) is 6.26 Å². The molecule has 0 aromatic carbocycles. The summed E-state index contributed by atoms with van der Waals surface area (Å²) in [4.78, 5) is 16.5. The third kappa shape index (κ3) is 4.11. The molecule has 0 aliphatic carbocycles. The van der Waals surface area contributed by atoms with Crippen molar-refractivity contribution in [2.75, 3.05) is 19.3 Å². The predicted molar refractivity (Wildman–Crippen MR) is 81.7 cm³/mol. The lowest BCUT2D eigenvalue weighted by Crippen LogP contribution is -2.39. The van der Waals surface area contributed by atoms with Gasteiger partial charge in [-0.1, -0.05) is 6.92 Å². The molecule has 116 valence electrons. The van der Waals surface area contributed by atoms with Crippen LogP contribution in [0.15, 0.2) is 18.5 Å². The molecule has 0 bridgehead atoms. The molecular formula is C15H22N2O3S. The number of aromatic nitrogens is 1. The SMILES string of the molecule is CCc1cnccc1C(=O)CC1CCCN(S(C)(=O)=O)C1. The summed E-state index contributed by atoms with van der Waals surface area (Å²) in [5.41, 5.74) is 1.68. The number of ketones is 1. The highest BCUT2D eigenvalue weighted by molar-refractivity contribution is 7.88. The Morgan fingerprint density at radius 2 is 2.24 bits per heavy atom. The average Bonchev–Trinajstić information content (AvgIpc) is 2.46. The number of carbonyl (C=O) groups excluding carboxylic acids is 1. The number of hydrogen-bond donors (Lipinski definition) is 0. The van der Waals surface area contributed by atoms with Crippen LogP contribution in [0, 0.1) is 5.92 Å². The predicted octanol–water partition coefficient (Wildman–Crippen LogP) is 1.89. The second kappa shape index (κ2) is 6.66. The number of piperidine rings is 1. The van der Waals surface area contributed by atoms with E-state index < -0.39 is 10.0 Å². The standard InChI is InChI=1S/C15H22N2O3S/c1-3-13-10-16-7-6-14(13)15(18)9-12-5-4-8-17(11-12)21(2,19)20/h6-7,10,12H,3-5,8-9,11H2,1-2H3. The smallest absolute Gasteiger partial charge is 0.211 e. The number of aryl methyl sites for hydroxylation is 1. The Bertz CT molecular complexity index is 613. The minimum absolute atomic E-state index is 0.0922. The fourth-order valence-corrected chi connectivity index (χ4v) is 3.79. The van der Waals surface area contributed by atoms with Gasteiger partial charge in [0.1, 0.15) is 0 Å². The largest absolute Gasteiger partial charge is 0.294 e. The third-order valence-corrected chi connectivity index (χ3v) is 5.28. The zero-order chi connectivity index (χ0) is 15.5. The molecule has 0 N–H and O–H groups in total. The molecule has 1 aromatic rings.